The van der Waals surface area contributed by atoms with Gasteiger partial charge in [-0.1, -0.05) is 30.6 Å². The van der Waals surface area contributed by atoms with Crippen molar-refractivity contribution in [3.63, 3.8) is 0 Å². The molecule has 0 spiro atoms. The Hall–Kier alpha value is -4.55. The summed E-state index contributed by atoms with van der Waals surface area (Å²) in [5.74, 6) is -3.46. The molecule has 0 aliphatic carbocycles. The first-order chi connectivity index (χ1) is 18.9. The molecule has 40 heavy (non-hydrogen) atoms. The quantitative estimate of drug-likeness (QED) is 0.147. The SMILES string of the molecule is CC(C)C[C@H](CC(=O)NO)C(=O)N[C@H](C)CC1=C[N+](NC(=O)c2ccc(C(=O)O)cc2)(C(=O)O)c2ccccc21. The Labute approximate surface area is 230 Å². The number of fused-ring (bicyclic) bond motifs is 1. The minimum Gasteiger partial charge on any atom is -0.478 e. The van der Waals surface area contributed by atoms with E-state index in [0.717, 1.165) is 0 Å². The third-order valence-corrected chi connectivity index (χ3v) is 6.55. The Morgan fingerprint density at radius 2 is 1.52 bits per heavy atom. The molecule has 1 heterocycles. The summed E-state index contributed by atoms with van der Waals surface area (Å²) >= 11 is 0. The molecule has 0 aromatic heterocycles. The summed E-state index contributed by atoms with van der Waals surface area (Å²) in [7, 11) is 0. The Balaban J connectivity index is 1.86. The summed E-state index contributed by atoms with van der Waals surface area (Å²) in [6.45, 7) is 5.58. The zero-order valence-corrected chi connectivity index (χ0v) is 22.4. The normalized spacial score (nSPS) is 17.3. The molecule has 1 unspecified atom stereocenters. The van der Waals surface area contributed by atoms with Crippen LogP contribution in [0.1, 0.15) is 66.3 Å². The lowest BCUT2D eigenvalue weighted by Gasteiger charge is -2.25. The van der Waals surface area contributed by atoms with E-state index >= 15 is 0 Å². The first kappa shape index (κ1) is 30.0. The fourth-order valence-electron chi connectivity index (χ4n) is 4.74. The molecule has 6 N–H and O–H groups in total. The minimum atomic E-state index is -1.37. The van der Waals surface area contributed by atoms with Crippen LogP contribution in [-0.2, 0) is 9.59 Å². The number of nitrogens with one attached hydrogen (secondary N) is 3. The summed E-state index contributed by atoms with van der Waals surface area (Å²) in [5.41, 5.74) is 5.59. The zero-order valence-electron chi connectivity index (χ0n) is 22.4. The van der Waals surface area contributed by atoms with Crippen molar-refractivity contribution in [2.75, 3.05) is 0 Å². The van der Waals surface area contributed by atoms with Crippen LogP contribution in [0.2, 0.25) is 0 Å². The van der Waals surface area contributed by atoms with E-state index in [4.69, 9.17) is 10.3 Å². The number of para-hydroxylation sites is 1. The molecule has 1 aliphatic heterocycles. The maximum Gasteiger partial charge on any atom is 0.549 e. The van der Waals surface area contributed by atoms with Gasteiger partial charge in [0, 0.05) is 41.1 Å². The number of aromatic carboxylic acids is 1. The summed E-state index contributed by atoms with van der Waals surface area (Å²) in [4.78, 5) is 61.5. The van der Waals surface area contributed by atoms with E-state index in [9.17, 15) is 29.1 Å². The molecule has 0 fully saturated rings. The van der Waals surface area contributed by atoms with Gasteiger partial charge in [0.2, 0.25) is 11.8 Å². The van der Waals surface area contributed by atoms with Gasteiger partial charge in [0.25, 0.3) is 5.91 Å². The van der Waals surface area contributed by atoms with Crippen molar-refractivity contribution in [2.24, 2.45) is 11.8 Å². The van der Waals surface area contributed by atoms with Crippen LogP contribution in [0.15, 0.2) is 54.7 Å². The largest absolute Gasteiger partial charge is 0.549 e. The van der Waals surface area contributed by atoms with Crippen molar-refractivity contribution < 1.29 is 39.4 Å². The van der Waals surface area contributed by atoms with Crippen molar-refractivity contribution in [1.82, 2.24) is 20.8 Å². The number of hydrogen-bond acceptors (Lipinski definition) is 6. The average Bonchev–Trinajstić information content (AvgIpc) is 3.21. The molecule has 4 amide bonds. The second-order valence-corrected chi connectivity index (χ2v) is 10.2. The Morgan fingerprint density at radius 1 is 0.900 bits per heavy atom. The molecular formula is C28H33N4O8+. The smallest absolute Gasteiger partial charge is 0.478 e. The summed E-state index contributed by atoms with van der Waals surface area (Å²) in [6.07, 6.45) is 0.485. The average molecular weight is 554 g/mol. The maximum atomic E-state index is 13.1. The molecule has 2 aromatic carbocycles. The number of carbonyl (C=O) groups excluding carboxylic acids is 3. The van der Waals surface area contributed by atoms with Crippen molar-refractivity contribution >= 4 is 41.0 Å². The first-order valence-corrected chi connectivity index (χ1v) is 12.7. The third kappa shape index (κ3) is 6.71. The van der Waals surface area contributed by atoms with Gasteiger partial charge in [-0.2, -0.15) is 10.2 Å². The van der Waals surface area contributed by atoms with Gasteiger partial charge in [0.15, 0.2) is 5.69 Å². The standard InChI is InChI=1S/C28H32N4O8/c1-16(2)12-20(14-24(33)31-40)25(34)29-17(3)13-21-15-32(28(38)39,23-7-5-4-6-22(21)23)30-26(35)18-8-10-19(11-9-18)27(36)37/h4-11,15-17,20H,12-14H2,1-3H3,(H5-,29,30,31,33,34,35,36,37,38,39,40)/p+1/t17-,20-,32?/m1/s1. The number of carbonyl (C=O) groups is 5. The van der Waals surface area contributed by atoms with E-state index in [0.29, 0.717) is 17.6 Å². The predicted octanol–water partition coefficient (Wildman–Crippen LogP) is 3.52. The van der Waals surface area contributed by atoms with E-state index < -0.39 is 40.4 Å². The number of carboxylic acids is 1. The van der Waals surface area contributed by atoms with Crippen LogP contribution in [0.5, 0.6) is 0 Å². The van der Waals surface area contributed by atoms with Gasteiger partial charge in [-0.05, 0) is 56.0 Å². The lowest BCUT2D eigenvalue weighted by atomic mass is 9.92. The molecule has 0 saturated carbocycles. The Morgan fingerprint density at radius 3 is 2.10 bits per heavy atom. The summed E-state index contributed by atoms with van der Waals surface area (Å²) in [5, 5.41) is 31.2. The fraction of sp³-hybridized carbons (Fsp3) is 0.321. The van der Waals surface area contributed by atoms with Crippen molar-refractivity contribution in [3.8, 4) is 0 Å². The fourth-order valence-corrected chi connectivity index (χ4v) is 4.74. The number of benzene rings is 2. The number of hydroxylamine groups is 1. The molecule has 12 heteroatoms. The van der Waals surface area contributed by atoms with Gasteiger partial charge in [0.1, 0.15) is 6.20 Å². The Kier molecular flexibility index (Phi) is 9.40. The van der Waals surface area contributed by atoms with Crippen LogP contribution < -0.4 is 20.8 Å². The number of amides is 4. The van der Waals surface area contributed by atoms with Crippen LogP contribution in [0.3, 0.4) is 0 Å². The zero-order chi connectivity index (χ0) is 29.6. The van der Waals surface area contributed by atoms with Crippen molar-refractivity contribution in [3.05, 3.63) is 71.4 Å². The predicted molar refractivity (Wildman–Crippen MR) is 145 cm³/mol. The second kappa shape index (κ2) is 12.5. The van der Waals surface area contributed by atoms with E-state index in [1.54, 1.807) is 36.7 Å². The van der Waals surface area contributed by atoms with Gasteiger partial charge in [0.05, 0.1) is 5.56 Å². The number of nitrogens with zero attached hydrogens (tertiary/aromatic N) is 1. The second-order valence-electron chi connectivity index (χ2n) is 10.2. The summed E-state index contributed by atoms with van der Waals surface area (Å²) in [6, 6.07) is 11.3. The molecule has 0 bridgehead atoms. The van der Waals surface area contributed by atoms with Crippen molar-refractivity contribution in [1.29, 1.82) is 0 Å². The molecule has 0 radical (unpaired) electrons. The molecule has 2 aromatic rings. The van der Waals surface area contributed by atoms with Crippen LogP contribution in [0.25, 0.3) is 5.57 Å². The number of rotatable bonds is 10. The van der Waals surface area contributed by atoms with Gasteiger partial charge in [-0.25, -0.2) is 10.3 Å². The minimum absolute atomic E-state index is 0.0176. The molecule has 12 nitrogen and oxygen atoms in total. The summed E-state index contributed by atoms with van der Waals surface area (Å²) < 4.78 is -1.03. The first-order valence-electron chi connectivity index (χ1n) is 12.7. The van der Waals surface area contributed by atoms with Crippen LogP contribution in [-0.4, -0.2) is 51.2 Å². The van der Waals surface area contributed by atoms with E-state index in [1.165, 1.54) is 30.5 Å². The highest BCUT2D eigenvalue weighted by atomic mass is 16.5. The lowest BCUT2D eigenvalue weighted by molar-refractivity contribution is -0.135. The molecule has 0 saturated heterocycles. The van der Waals surface area contributed by atoms with E-state index in [2.05, 4.69) is 10.7 Å². The third-order valence-electron chi connectivity index (χ3n) is 6.55. The van der Waals surface area contributed by atoms with Gasteiger partial charge >= 0.3 is 12.1 Å². The monoisotopic (exact) mass is 553 g/mol. The highest BCUT2D eigenvalue weighted by Gasteiger charge is 2.48. The highest BCUT2D eigenvalue weighted by molar-refractivity contribution is 6.02. The van der Waals surface area contributed by atoms with Crippen LogP contribution >= 0.6 is 0 Å². The van der Waals surface area contributed by atoms with Gasteiger partial charge < -0.3 is 15.5 Å². The highest BCUT2D eigenvalue weighted by Crippen LogP contribution is 2.41. The van der Waals surface area contributed by atoms with Crippen molar-refractivity contribution in [2.45, 2.75) is 46.1 Å². The van der Waals surface area contributed by atoms with Gasteiger partial charge in [-0.15, -0.1) is 0 Å². The molecule has 212 valence electrons. The van der Waals surface area contributed by atoms with Crippen LogP contribution in [0.4, 0.5) is 10.5 Å². The molecule has 1 aliphatic rings. The molecule has 3 rings (SSSR count). The molecular weight excluding hydrogens is 520 g/mol. The number of quaternary nitrogens is 1. The maximum absolute atomic E-state index is 13.1. The van der Waals surface area contributed by atoms with E-state index in [-0.39, 0.29) is 41.5 Å². The topological polar surface area (TPSA) is 182 Å². The lowest BCUT2D eigenvalue weighted by Crippen LogP contribution is -2.60. The van der Waals surface area contributed by atoms with Gasteiger partial charge in [-0.3, -0.25) is 19.6 Å². The Bertz CT molecular complexity index is 1340. The number of carboxylic acid groups (broad SMARTS) is 2. The number of hydrogen-bond donors (Lipinski definition) is 6. The molecule has 3 atom stereocenters. The van der Waals surface area contributed by atoms with Crippen LogP contribution in [0, 0.1) is 11.8 Å². The van der Waals surface area contributed by atoms with E-state index in [1.807, 2.05) is 13.8 Å².